The van der Waals surface area contributed by atoms with Gasteiger partial charge in [-0.15, -0.1) is 11.3 Å². The highest BCUT2D eigenvalue weighted by molar-refractivity contribution is 7.09. The fraction of sp³-hybridized carbons (Fsp3) is 0.688. The first-order chi connectivity index (χ1) is 11.0. The molecule has 0 N–H and O–H groups in total. The molecule has 6 nitrogen and oxygen atoms in total. The van der Waals surface area contributed by atoms with Gasteiger partial charge in [-0.2, -0.15) is 0 Å². The first kappa shape index (κ1) is 16.4. The Kier molecular flexibility index (Phi) is 4.68. The molecule has 3 heterocycles. The molecule has 1 atom stereocenters. The van der Waals surface area contributed by atoms with E-state index in [1.54, 1.807) is 16.2 Å². The number of methoxy groups -OCH3 is 1. The van der Waals surface area contributed by atoms with Crippen LogP contribution in [-0.4, -0.2) is 59.9 Å². The lowest BCUT2D eigenvalue weighted by molar-refractivity contribution is -0.145. The Bertz CT molecular complexity index is 603. The highest BCUT2D eigenvalue weighted by Gasteiger charge is 2.49. The summed E-state index contributed by atoms with van der Waals surface area (Å²) in [4.78, 5) is 33.2. The molecule has 0 saturated carbocycles. The van der Waals surface area contributed by atoms with Crippen LogP contribution < -0.4 is 0 Å². The van der Waals surface area contributed by atoms with E-state index in [4.69, 9.17) is 4.74 Å². The lowest BCUT2D eigenvalue weighted by Crippen LogP contribution is -2.50. The minimum Gasteiger partial charge on any atom is -0.375 e. The fourth-order valence-electron chi connectivity index (χ4n) is 3.66. The summed E-state index contributed by atoms with van der Waals surface area (Å²) >= 11 is 1.61. The zero-order valence-corrected chi connectivity index (χ0v) is 14.5. The topological polar surface area (TPSA) is 62.7 Å². The molecule has 2 fully saturated rings. The number of amides is 2. The van der Waals surface area contributed by atoms with Crippen molar-refractivity contribution in [3.8, 4) is 0 Å². The van der Waals surface area contributed by atoms with E-state index in [0.717, 1.165) is 43.1 Å². The first-order valence-corrected chi connectivity index (χ1v) is 8.89. The molecule has 0 aromatic carbocycles. The smallest absolute Gasteiger partial charge is 0.248 e. The minimum absolute atomic E-state index is 0.0204. The molecule has 23 heavy (non-hydrogen) atoms. The molecule has 2 saturated heterocycles. The number of nitrogens with zero attached hydrogens (tertiary/aromatic N) is 3. The van der Waals surface area contributed by atoms with Gasteiger partial charge in [0.15, 0.2) is 0 Å². The van der Waals surface area contributed by atoms with Crippen molar-refractivity contribution in [1.29, 1.82) is 0 Å². The van der Waals surface area contributed by atoms with E-state index >= 15 is 0 Å². The highest BCUT2D eigenvalue weighted by atomic mass is 32.1. The van der Waals surface area contributed by atoms with Gasteiger partial charge in [-0.05, 0) is 26.2 Å². The van der Waals surface area contributed by atoms with Gasteiger partial charge in [-0.3, -0.25) is 9.59 Å². The van der Waals surface area contributed by atoms with Crippen molar-refractivity contribution >= 4 is 23.2 Å². The lowest BCUT2D eigenvalue weighted by atomic mass is 9.78. The number of aromatic nitrogens is 1. The predicted octanol–water partition coefficient (Wildman–Crippen LogP) is 1.44. The quantitative estimate of drug-likeness (QED) is 0.834. The summed E-state index contributed by atoms with van der Waals surface area (Å²) in [6.45, 7) is 4.65. The molecule has 7 heteroatoms. The SMILES string of the molecule is COCC(=O)N1CCC[C@]2(CCN(Cc3csc(C)n3)C2=O)C1. The molecule has 0 unspecified atom stereocenters. The molecule has 1 aromatic heterocycles. The Morgan fingerprint density at radius 1 is 1.43 bits per heavy atom. The summed E-state index contributed by atoms with van der Waals surface area (Å²) in [5.74, 6) is 0.158. The van der Waals surface area contributed by atoms with Crippen LogP contribution in [0.1, 0.15) is 30.0 Å². The highest BCUT2D eigenvalue weighted by Crippen LogP contribution is 2.40. The van der Waals surface area contributed by atoms with Gasteiger partial charge in [0, 0.05) is 32.1 Å². The average molecular weight is 337 g/mol. The van der Waals surface area contributed by atoms with Crippen molar-refractivity contribution in [1.82, 2.24) is 14.8 Å². The van der Waals surface area contributed by atoms with Crippen molar-refractivity contribution in [2.75, 3.05) is 33.4 Å². The number of piperidine rings is 1. The minimum atomic E-state index is -0.396. The van der Waals surface area contributed by atoms with Crippen LogP contribution >= 0.6 is 11.3 Å². The Hall–Kier alpha value is -1.47. The average Bonchev–Trinajstić information content (AvgIpc) is 3.07. The number of carbonyl (C=O) groups is 2. The van der Waals surface area contributed by atoms with Gasteiger partial charge in [0.2, 0.25) is 11.8 Å². The summed E-state index contributed by atoms with van der Waals surface area (Å²) in [7, 11) is 1.52. The Balaban J connectivity index is 1.68. The molecule has 1 aromatic rings. The second-order valence-corrected chi connectivity index (χ2v) is 7.53. The standard InChI is InChI=1S/C16H23N3O3S/c1-12-17-13(10-23-12)8-18-7-5-16(15(18)21)4-3-6-19(11-16)14(20)9-22-2/h10H,3-9,11H2,1-2H3/t16-/m0/s1. The summed E-state index contributed by atoms with van der Waals surface area (Å²) < 4.78 is 4.94. The molecule has 2 aliphatic rings. The van der Waals surface area contributed by atoms with E-state index in [-0.39, 0.29) is 18.4 Å². The van der Waals surface area contributed by atoms with E-state index in [1.165, 1.54) is 7.11 Å². The Morgan fingerprint density at radius 2 is 2.26 bits per heavy atom. The molecule has 0 aliphatic carbocycles. The Morgan fingerprint density at radius 3 is 2.96 bits per heavy atom. The normalized spacial score (nSPS) is 24.7. The zero-order chi connectivity index (χ0) is 16.4. The number of rotatable bonds is 4. The van der Waals surface area contributed by atoms with Gasteiger partial charge in [-0.1, -0.05) is 0 Å². The second kappa shape index (κ2) is 6.57. The van der Waals surface area contributed by atoms with Gasteiger partial charge in [0.25, 0.3) is 0 Å². The van der Waals surface area contributed by atoms with E-state index in [0.29, 0.717) is 13.1 Å². The van der Waals surface area contributed by atoms with Gasteiger partial charge in [0.1, 0.15) is 6.61 Å². The maximum Gasteiger partial charge on any atom is 0.248 e. The maximum atomic E-state index is 13.0. The number of aryl methyl sites for hydroxylation is 1. The van der Waals surface area contributed by atoms with Crippen LogP contribution in [0.3, 0.4) is 0 Å². The Labute approximate surface area is 140 Å². The van der Waals surface area contributed by atoms with Crippen LogP contribution in [-0.2, 0) is 20.9 Å². The van der Waals surface area contributed by atoms with E-state index in [1.807, 2.05) is 17.2 Å². The van der Waals surface area contributed by atoms with Crippen LogP contribution in [0.4, 0.5) is 0 Å². The third-order valence-corrected chi connectivity index (χ3v) is 5.64. The van der Waals surface area contributed by atoms with Crippen molar-refractivity contribution < 1.29 is 14.3 Å². The van der Waals surface area contributed by atoms with Crippen LogP contribution in [0.2, 0.25) is 0 Å². The zero-order valence-electron chi connectivity index (χ0n) is 13.7. The van der Waals surface area contributed by atoms with Crippen LogP contribution in [0.25, 0.3) is 0 Å². The van der Waals surface area contributed by atoms with Gasteiger partial charge >= 0.3 is 0 Å². The van der Waals surface area contributed by atoms with Crippen molar-refractivity contribution in [3.63, 3.8) is 0 Å². The molecule has 3 rings (SSSR count). The lowest BCUT2D eigenvalue weighted by Gasteiger charge is -2.39. The van der Waals surface area contributed by atoms with Gasteiger partial charge in [-0.25, -0.2) is 4.98 Å². The number of carbonyl (C=O) groups excluding carboxylic acids is 2. The fourth-order valence-corrected chi connectivity index (χ4v) is 4.26. The molecule has 0 radical (unpaired) electrons. The molecule has 1 spiro atoms. The first-order valence-electron chi connectivity index (χ1n) is 8.01. The van der Waals surface area contributed by atoms with Crippen LogP contribution in [0.15, 0.2) is 5.38 Å². The monoisotopic (exact) mass is 337 g/mol. The second-order valence-electron chi connectivity index (χ2n) is 6.47. The van der Waals surface area contributed by atoms with E-state index < -0.39 is 5.41 Å². The summed E-state index contributed by atoms with van der Waals surface area (Å²) in [6, 6.07) is 0. The predicted molar refractivity (Wildman–Crippen MR) is 87.0 cm³/mol. The van der Waals surface area contributed by atoms with Crippen molar-refractivity contribution in [2.24, 2.45) is 5.41 Å². The van der Waals surface area contributed by atoms with Gasteiger partial charge in [0.05, 0.1) is 22.7 Å². The number of hydrogen-bond donors (Lipinski definition) is 0. The van der Waals surface area contributed by atoms with Crippen LogP contribution in [0.5, 0.6) is 0 Å². The third-order valence-electron chi connectivity index (χ3n) is 4.82. The van der Waals surface area contributed by atoms with Crippen molar-refractivity contribution in [2.45, 2.75) is 32.7 Å². The van der Waals surface area contributed by atoms with Crippen molar-refractivity contribution in [3.05, 3.63) is 16.1 Å². The number of ether oxygens (including phenoxy) is 1. The number of likely N-dealkylation sites (tertiary alicyclic amines) is 2. The van der Waals surface area contributed by atoms with E-state index in [2.05, 4.69) is 4.98 Å². The summed E-state index contributed by atoms with van der Waals surface area (Å²) in [5.41, 5.74) is 0.563. The number of hydrogen-bond acceptors (Lipinski definition) is 5. The summed E-state index contributed by atoms with van der Waals surface area (Å²) in [5, 5.41) is 3.04. The molecule has 126 valence electrons. The summed E-state index contributed by atoms with van der Waals surface area (Å²) in [6.07, 6.45) is 2.58. The van der Waals surface area contributed by atoms with Crippen LogP contribution in [0, 0.1) is 12.3 Å². The molecule has 2 amide bonds. The third kappa shape index (κ3) is 3.26. The number of thiazole rings is 1. The maximum absolute atomic E-state index is 13.0. The molecular weight excluding hydrogens is 314 g/mol. The molecular formula is C16H23N3O3S. The largest absolute Gasteiger partial charge is 0.375 e. The van der Waals surface area contributed by atoms with E-state index in [9.17, 15) is 9.59 Å². The molecule has 2 aliphatic heterocycles. The molecule has 0 bridgehead atoms. The van der Waals surface area contributed by atoms with Gasteiger partial charge < -0.3 is 14.5 Å².